The highest BCUT2D eigenvalue weighted by molar-refractivity contribution is 5.69. The zero-order chi connectivity index (χ0) is 23.0. The van der Waals surface area contributed by atoms with Crippen LogP contribution in [0.25, 0.3) is 0 Å². The van der Waals surface area contributed by atoms with Crippen LogP contribution < -0.4 is 0 Å². The second-order valence-corrected chi connectivity index (χ2v) is 10.1. The zero-order valence-electron chi connectivity index (χ0n) is 21.7. The summed E-state index contributed by atoms with van der Waals surface area (Å²) in [7, 11) is 0. The van der Waals surface area contributed by atoms with Crippen molar-refractivity contribution in [2.24, 2.45) is 0 Å². The van der Waals surface area contributed by atoms with Gasteiger partial charge in [0.05, 0.1) is 0 Å². The normalized spacial score (nSPS) is 19.3. The van der Waals surface area contributed by atoms with Crippen LogP contribution in [0.2, 0.25) is 0 Å². The van der Waals surface area contributed by atoms with Crippen molar-refractivity contribution in [2.75, 3.05) is 13.2 Å². The first-order valence-corrected chi connectivity index (χ1v) is 14.6. The lowest BCUT2D eigenvalue weighted by atomic mass is 10.0. The predicted molar refractivity (Wildman–Crippen MR) is 137 cm³/mol. The molecule has 0 N–H and O–H groups in total. The molecule has 0 aromatic rings. The second kappa shape index (κ2) is 23.6. The maximum Gasteiger partial charge on any atom is 0.306 e. The minimum atomic E-state index is 0.0374. The molecule has 3 heteroatoms. The molecular formula is C29H56O3. The van der Waals surface area contributed by atoms with Crippen molar-refractivity contribution >= 4 is 5.97 Å². The molecule has 1 fully saturated rings. The van der Waals surface area contributed by atoms with Crippen molar-refractivity contribution in [2.45, 2.75) is 167 Å². The van der Waals surface area contributed by atoms with Gasteiger partial charge in [-0.05, 0) is 44.9 Å². The number of hydrogen-bond donors (Lipinski definition) is 0. The Balaban J connectivity index is 2.00. The van der Waals surface area contributed by atoms with Crippen LogP contribution in [0.5, 0.6) is 0 Å². The Kier molecular flexibility index (Phi) is 21.7. The minimum absolute atomic E-state index is 0.0374. The molecule has 190 valence electrons. The summed E-state index contributed by atoms with van der Waals surface area (Å²) in [4.78, 5) is 12.3. The van der Waals surface area contributed by atoms with Gasteiger partial charge in [-0.3, -0.25) is 4.79 Å². The number of rotatable bonds is 15. The van der Waals surface area contributed by atoms with E-state index in [0.717, 1.165) is 45.3 Å². The van der Waals surface area contributed by atoms with Crippen molar-refractivity contribution in [1.82, 2.24) is 0 Å². The summed E-state index contributed by atoms with van der Waals surface area (Å²) in [5, 5.41) is 0. The molecule has 0 radical (unpaired) electrons. The van der Waals surface area contributed by atoms with Gasteiger partial charge in [-0.2, -0.15) is 0 Å². The van der Waals surface area contributed by atoms with Gasteiger partial charge in [0.15, 0.2) is 0 Å². The lowest BCUT2D eigenvalue weighted by Crippen LogP contribution is -2.18. The van der Waals surface area contributed by atoms with Gasteiger partial charge in [-0.1, -0.05) is 110 Å². The van der Waals surface area contributed by atoms with Crippen molar-refractivity contribution in [3.63, 3.8) is 0 Å². The third-order valence-electron chi connectivity index (χ3n) is 6.91. The van der Waals surface area contributed by atoms with Crippen LogP contribution >= 0.6 is 0 Å². The first-order chi connectivity index (χ1) is 15.8. The molecule has 1 unspecified atom stereocenters. The van der Waals surface area contributed by atoms with E-state index < -0.39 is 0 Å². The number of ether oxygens (including phenoxy) is 2. The van der Waals surface area contributed by atoms with E-state index >= 15 is 0 Å². The summed E-state index contributed by atoms with van der Waals surface area (Å²) in [6.45, 7) is 4.06. The van der Waals surface area contributed by atoms with Crippen molar-refractivity contribution in [3.05, 3.63) is 0 Å². The van der Waals surface area contributed by atoms with Gasteiger partial charge in [-0.25, -0.2) is 0 Å². The summed E-state index contributed by atoms with van der Waals surface area (Å²) in [6, 6.07) is 0. The van der Waals surface area contributed by atoms with Crippen molar-refractivity contribution < 1.29 is 14.3 Å². The average Bonchev–Trinajstić information content (AvgIpc) is 2.79. The Bertz CT molecular complexity index is 382. The lowest BCUT2D eigenvalue weighted by Gasteiger charge is -2.18. The van der Waals surface area contributed by atoms with Crippen LogP contribution in [0.3, 0.4) is 0 Å². The molecule has 1 heterocycles. The van der Waals surface area contributed by atoms with Crippen molar-refractivity contribution in [3.8, 4) is 0 Å². The number of unbranched alkanes of at least 4 members (excludes halogenated alkanes) is 12. The van der Waals surface area contributed by atoms with E-state index in [1.807, 2.05) is 0 Å². The summed E-state index contributed by atoms with van der Waals surface area (Å²) >= 11 is 0. The Labute approximate surface area is 200 Å². The van der Waals surface area contributed by atoms with E-state index in [2.05, 4.69) is 6.92 Å². The number of esters is 1. The number of carbonyl (C=O) groups excluding carboxylic acids is 1. The summed E-state index contributed by atoms with van der Waals surface area (Å²) in [5.74, 6) is 0.0374. The fourth-order valence-electron chi connectivity index (χ4n) is 4.76. The number of hydrogen-bond acceptors (Lipinski definition) is 3. The first kappa shape index (κ1) is 29.5. The van der Waals surface area contributed by atoms with E-state index in [9.17, 15) is 4.79 Å². The summed E-state index contributed by atoms with van der Waals surface area (Å²) < 4.78 is 11.6. The van der Waals surface area contributed by atoms with E-state index in [-0.39, 0.29) is 12.1 Å². The molecule has 0 saturated carbocycles. The Morgan fingerprint density at radius 3 is 1.66 bits per heavy atom. The van der Waals surface area contributed by atoms with Crippen LogP contribution in [0, 0.1) is 0 Å². The summed E-state index contributed by atoms with van der Waals surface area (Å²) in [5.41, 5.74) is 0. The first-order valence-electron chi connectivity index (χ1n) is 14.6. The highest BCUT2D eigenvalue weighted by Gasteiger charge is 2.14. The molecule has 1 rings (SSSR count). The molecule has 0 aromatic carbocycles. The molecule has 0 aromatic heterocycles. The molecule has 1 atom stereocenters. The maximum absolute atomic E-state index is 12.3. The molecule has 0 spiro atoms. The van der Waals surface area contributed by atoms with E-state index in [1.165, 1.54) is 116 Å². The molecule has 0 aliphatic carbocycles. The Morgan fingerprint density at radius 2 is 1.06 bits per heavy atom. The Morgan fingerprint density at radius 1 is 0.625 bits per heavy atom. The van der Waals surface area contributed by atoms with Gasteiger partial charge in [0.2, 0.25) is 0 Å². The monoisotopic (exact) mass is 452 g/mol. The van der Waals surface area contributed by atoms with Crippen LogP contribution in [0.4, 0.5) is 0 Å². The van der Waals surface area contributed by atoms with Gasteiger partial charge in [0.1, 0.15) is 6.10 Å². The molecule has 1 saturated heterocycles. The van der Waals surface area contributed by atoms with Crippen LogP contribution in [0.15, 0.2) is 0 Å². The van der Waals surface area contributed by atoms with Crippen molar-refractivity contribution in [1.29, 1.82) is 0 Å². The highest BCUT2D eigenvalue weighted by Crippen LogP contribution is 2.18. The third kappa shape index (κ3) is 20.1. The molecule has 0 bridgehead atoms. The Hall–Kier alpha value is -0.570. The molecular weight excluding hydrogens is 396 g/mol. The highest BCUT2D eigenvalue weighted by atomic mass is 16.5. The molecule has 1 aliphatic rings. The fraction of sp³-hybridized carbons (Fsp3) is 0.966. The molecule has 3 nitrogen and oxygen atoms in total. The fourth-order valence-corrected chi connectivity index (χ4v) is 4.76. The SMILES string of the molecule is CCCCCCCCCCCCCCCC(=O)OC1CCCCCCCCOCCCC1. The largest absolute Gasteiger partial charge is 0.462 e. The van der Waals surface area contributed by atoms with Crippen LogP contribution in [-0.4, -0.2) is 25.3 Å². The van der Waals surface area contributed by atoms with Gasteiger partial charge in [-0.15, -0.1) is 0 Å². The van der Waals surface area contributed by atoms with Crippen LogP contribution in [-0.2, 0) is 14.3 Å². The van der Waals surface area contributed by atoms with Gasteiger partial charge >= 0.3 is 5.97 Å². The molecule has 1 aliphatic heterocycles. The van der Waals surface area contributed by atoms with Gasteiger partial charge < -0.3 is 9.47 Å². The lowest BCUT2D eigenvalue weighted by molar-refractivity contribution is -0.150. The molecule has 32 heavy (non-hydrogen) atoms. The third-order valence-corrected chi connectivity index (χ3v) is 6.91. The van der Waals surface area contributed by atoms with Gasteiger partial charge in [0, 0.05) is 19.6 Å². The predicted octanol–water partition coefficient (Wildman–Crippen LogP) is 9.31. The number of carbonyl (C=O) groups is 1. The zero-order valence-corrected chi connectivity index (χ0v) is 21.7. The topological polar surface area (TPSA) is 35.5 Å². The average molecular weight is 453 g/mol. The quantitative estimate of drug-likeness (QED) is 0.183. The molecule has 0 amide bonds. The van der Waals surface area contributed by atoms with E-state index in [4.69, 9.17) is 9.47 Å². The standard InChI is InChI=1S/C29H56O3/c1-2-3-4-5-6-7-8-9-10-11-12-16-19-25-29(30)32-28-23-18-15-13-14-17-21-26-31-27-22-20-24-28/h28H,2-27H2,1H3. The van der Waals surface area contributed by atoms with E-state index in [1.54, 1.807) is 0 Å². The maximum atomic E-state index is 12.3. The summed E-state index contributed by atoms with van der Waals surface area (Å²) in [6.07, 6.45) is 30.0. The smallest absolute Gasteiger partial charge is 0.306 e. The van der Waals surface area contributed by atoms with Crippen LogP contribution in [0.1, 0.15) is 161 Å². The van der Waals surface area contributed by atoms with E-state index in [0.29, 0.717) is 6.42 Å². The van der Waals surface area contributed by atoms with Gasteiger partial charge in [0.25, 0.3) is 0 Å². The second-order valence-electron chi connectivity index (χ2n) is 10.1. The minimum Gasteiger partial charge on any atom is -0.462 e.